The third-order valence-electron chi connectivity index (χ3n) is 4.47. The van der Waals surface area contributed by atoms with Crippen molar-refractivity contribution in [2.75, 3.05) is 13.1 Å². The Morgan fingerprint density at radius 1 is 1.42 bits per heavy atom. The number of likely N-dealkylation sites (tertiary alicyclic amines) is 1. The first-order valence-corrected chi connectivity index (χ1v) is 6.83. The zero-order chi connectivity index (χ0) is 13.8. The second-order valence-corrected chi connectivity index (χ2v) is 6.89. The summed E-state index contributed by atoms with van der Waals surface area (Å²) in [7, 11) is 0. The van der Waals surface area contributed by atoms with Gasteiger partial charge >= 0.3 is 0 Å². The molecule has 1 saturated heterocycles. The molecular formula is C15H18N2O2. The Kier molecular flexibility index (Phi) is 2.41. The highest BCUT2D eigenvalue weighted by atomic mass is 16.2. The van der Waals surface area contributed by atoms with Gasteiger partial charge in [0.15, 0.2) is 5.78 Å². The van der Waals surface area contributed by atoms with E-state index < -0.39 is 5.41 Å². The zero-order valence-corrected chi connectivity index (χ0v) is 11.4. The first-order chi connectivity index (χ1) is 8.87. The van der Waals surface area contributed by atoms with Gasteiger partial charge in [-0.15, -0.1) is 0 Å². The highest BCUT2D eigenvalue weighted by molar-refractivity contribution is 6.03. The van der Waals surface area contributed by atoms with E-state index in [1.165, 1.54) is 0 Å². The van der Waals surface area contributed by atoms with Crippen LogP contribution in [0.15, 0.2) is 11.6 Å². The lowest BCUT2D eigenvalue weighted by Crippen LogP contribution is -2.61. The molecule has 4 nitrogen and oxygen atoms in total. The Bertz CT molecular complexity index is 529. The Hall–Kier alpha value is -1.63. The number of Topliss-reactive ketones (excluding diaryl/α,β-unsaturated/α-hetero) is 1. The molecule has 1 amide bonds. The van der Waals surface area contributed by atoms with Crippen molar-refractivity contribution in [3.05, 3.63) is 11.6 Å². The third kappa shape index (κ3) is 1.88. The predicted molar refractivity (Wildman–Crippen MR) is 68.8 cm³/mol. The Morgan fingerprint density at radius 2 is 2.05 bits per heavy atom. The van der Waals surface area contributed by atoms with Crippen molar-refractivity contribution in [1.29, 1.82) is 5.26 Å². The van der Waals surface area contributed by atoms with Crippen molar-refractivity contribution >= 4 is 11.7 Å². The number of rotatable bonds is 1. The lowest BCUT2D eigenvalue weighted by Gasteiger charge is -2.53. The summed E-state index contributed by atoms with van der Waals surface area (Å²) in [6, 6.07) is 2.02. The molecule has 0 atom stereocenters. The number of nitrogens with zero attached hydrogens (tertiary/aromatic N) is 2. The molecule has 1 aliphatic heterocycles. The van der Waals surface area contributed by atoms with Gasteiger partial charge in [-0.2, -0.15) is 5.26 Å². The first kappa shape index (κ1) is 12.4. The fourth-order valence-corrected chi connectivity index (χ4v) is 3.49. The summed E-state index contributed by atoms with van der Waals surface area (Å²) in [5.41, 5.74) is -0.364. The van der Waals surface area contributed by atoms with E-state index in [4.69, 9.17) is 5.26 Å². The first-order valence-electron chi connectivity index (χ1n) is 6.83. The van der Waals surface area contributed by atoms with Gasteiger partial charge < -0.3 is 4.90 Å². The number of amides is 1. The van der Waals surface area contributed by atoms with Crippen LogP contribution in [0.2, 0.25) is 0 Å². The SMILES string of the molecule is CC1(C)CC2(C=C(C#N)C1=O)CN(C(=O)C1CC1)C2. The minimum absolute atomic E-state index is 0.0624. The van der Waals surface area contributed by atoms with E-state index in [1.54, 1.807) is 0 Å². The number of carbonyl (C=O) groups excluding carboxylic acids is 2. The molecule has 1 heterocycles. The molecule has 0 N–H and O–H groups in total. The maximum Gasteiger partial charge on any atom is 0.225 e. The van der Waals surface area contributed by atoms with Gasteiger partial charge in [-0.1, -0.05) is 19.9 Å². The van der Waals surface area contributed by atoms with Crippen LogP contribution >= 0.6 is 0 Å². The van der Waals surface area contributed by atoms with Gasteiger partial charge in [0, 0.05) is 29.8 Å². The molecule has 3 aliphatic rings. The second-order valence-electron chi connectivity index (χ2n) is 6.89. The standard InChI is InChI=1S/C15H18N2O2/c1-14(2)7-15(5-11(6-16)12(14)18)8-17(9-15)13(19)10-3-4-10/h5,10H,3-4,7-9H2,1-2H3. The summed E-state index contributed by atoms with van der Waals surface area (Å²) in [6.45, 7) is 5.13. The van der Waals surface area contributed by atoms with Crippen molar-refractivity contribution in [3.8, 4) is 6.07 Å². The average molecular weight is 258 g/mol. The van der Waals surface area contributed by atoms with E-state index in [2.05, 4.69) is 0 Å². The van der Waals surface area contributed by atoms with Gasteiger partial charge in [0.2, 0.25) is 5.91 Å². The Labute approximate surface area is 113 Å². The molecule has 0 aromatic rings. The molecule has 1 saturated carbocycles. The van der Waals surface area contributed by atoms with Gasteiger partial charge in [-0.3, -0.25) is 9.59 Å². The number of ketones is 1. The molecular weight excluding hydrogens is 240 g/mol. The van der Waals surface area contributed by atoms with E-state index in [-0.39, 0.29) is 28.6 Å². The van der Waals surface area contributed by atoms with Crippen molar-refractivity contribution in [3.63, 3.8) is 0 Å². The Morgan fingerprint density at radius 3 is 2.58 bits per heavy atom. The highest BCUT2D eigenvalue weighted by Gasteiger charge is 2.53. The van der Waals surface area contributed by atoms with E-state index in [9.17, 15) is 9.59 Å². The van der Waals surface area contributed by atoms with Crippen LogP contribution in [-0.4, -0.2) is 29.7 Å². The van der Waals surface area contributed by atoms with Gasteiger partial charge in [-0.05, 0) is 19.3 Å². The minimum Gasteiger partial charge on any atom is -0.341 e. The topological polar surface area (TPSA) is 61.2 Å². The van der Waals surface area contributed by atoms with E-state index in [1.807, 2.05) is 30.9 Å². The fraction of sp³-hybridized carbons (Fsp3) is 0.667. The van der Waals surface area contributed by atoms with Crippen LogP contribution in [0.3, 0.4) is 0 Å². The number of nitriles is 1. The summed E-state index contributed by atoms with van der Waals surface area (Å²) in [4.78, 5) is 25.9. The Balaban J connectivity index is 1.79. The summed E-state index contributed by atoms with van der Waals surface area (Å²) in [6.07, 6.45) is 4.59. The van der Waals surface area contributed by atoms with E-state index in [0.717, 1.165) is 19.3 Å². The van der Waals surface area contributed by atoms with Crippen LogP contribution in [0.4, 0.5) is 0 Å². The fourth-order valence-electron chi connectivity index (χ4n) is 3.49. The average Bonchev–Trinajstić information content (AvgIpc) is 3.12. The largest absolute Gasteiger partial charge is 0.341 e. The molecule has 0 aromatic carbocycles. The molecule has 0 bridgehead atoms. The summed E-state index contributed by atoms with van der Waals surface area (Å²) in [5.74, 6) is 0.440. The van der Waals surface area contributed by atoms with Crippen LogP contribution in [0.5, 0.6) is 0 Å². The van der Waals surface area contributed by atoms with Crippen LogP contribution < -0.4 is 0 Å². The van der Waals surface area contributed by atoms with Gasteiger partial charge in [0.1, 0.15) is 6.07 Å². The number of allylic oxidation sites excluding steroid dienone is 1. The van der Waals surface area contributed by atoms with Crippen LogP contribution in [0, 0.1) is 28.1 Å². The molecule has 19 heavy (non-hydrogen) atoms. The molecule has 0 aromatic heterocycles. The molecule has 0 unspecified atom stereocenters. The summed E-state index contributed by atoms with van der Waals surface area (Å²) in [5, 5.41) is 9.10. The summed E-state index contributed by atoms with van der Waals surface area (Å²) >= 11 is 0. The second kappa shape index (κ2) is 3.69. The quantitative estimate of drug-likeness (QED) is 0.718. The van der Waals surface area contributed by atoms with Crippen molar-refractivity contribution < 1.29 is 9.59 Å². The van der Waals surface area contributed by atoms with E-state index in [0.29, 0.717) is 13.1 Å². The minimum atomic E-state index is -0.492. The lowest BCUT2D eigenvalue weighted by molar-refractivity contribution is -0.145. The zero-order valence-electron chi connectivity index (χ0n) is 11.4. The highest BCUT2D eigenvalue weighted by Crippen LogP contribution is 2.49. The molecule has 2 aliphatic carbocycles. The number of hydrogen-bond donors (Lipinski definition) is 0. The maximum absolute atomic E-state index is 12.1. The normalized spacial score (nSPS) is 27.5. The molecule has 1 spiro atoms. The van der Waals surface area contributed by atoms with Crippen LogP contribution in [-0.2, 0) is 9.59 Å². The van der Waals surface area contributed by atoms with E-state index >= 15 is 0 Å². The molecule has 3 rings (SSSR count). The van der Waals surface area contributed by atoms with Gasteiger partial charge in [0.25, 0.3) is 0 Å². The van der Waals surface area contributed by atoms with Crippen molar-refractivity contribution in [1.82, 2.24) is 4.90 Å². The van der Waals surface area contributed by atoms with Gasteiger partial charge in [-0.25, -0.2) is 0 Å². The molecule has 2 fully saturated rings. The van der Waals surface area contributed by atoms with Crippen molar-refractivity contribution in [2.45, 2.75) is 33.1 Å². The molecule has 4 heteroatoms. The monoisotopic (exact) mass is 258 g/mol. The number of carbonyl (C=O) groups is 2. The molecule has 0 radical (unpaired) electrons. The van der Waals surface area contributed by atoms with Crippen LogP contribution in [0.25, 0.3) is 0 Å². The van der Waals surface area contributed by atoms with Gasteiger partial charge in [0.05, 0.1) is 5.57 Å². The third-order valence-corrected chi connectivity index (χ3v) is 4.47. The predicted octanol–water partition coefficient (Wildman–Crippen LogP) is 1.67. The lowest BCUT2D eigenvalue weighted by atomic mass is 9.61. The maximum atomic E-state index is 12.1. The summed E-state index contributed by atoms with van der Waals surface area (Å²) < 4.78 is 0. The smallest absolute Gasteiger partial charge is 0.225 e. The van der Waals surface area contributed by atoms with Crippen molar-refractivity contribution in [2.24, 2.45) is 16.7 Å². The number of hydrogen-bond acceptors (Lipinski definition) is 3. The molecule has 100 valence electrons. The van der Waals surface area contributed by atoms with Crippen LogP contribution in [0.1, 0.15) is 33.1 Å².